The number of pyridine rings is 1. The van der Waals surface area contributed by atoms with E-state index in [1.165, 1.54) is 31.3 Å². The molecule has 35 heavy (non-hydrogen) atoms. The molecule has 1 amide bonds. The second-order valence-electron chi connectivity index (χ2n) is 11.8. The molecule has 6 heteroatoms. The molecule has 3 fully saturated rings. The quantitative estimate of drug-likeness (QED) is 0.568. The van der Waals surface area contributed by atoms with Gasteiger partial charge in [0.2, 0.25) is 0 Å². The van der Waals surface area contributed by atoms with Gasteiger partial charge in [-0.3, -0.25) is 14.6 Å². The number of fused-ring (bicyclic) bond motifs is 5. The van der Waals surface area contributed by atoms with Crippen LogP contribution in [-0.4, -0.2) is 29.0 Å². The molecule has 0 saturated heterocycles. The fourth-order valence-electron chi connectivity index (χ4n) is 8.24. The van der Waals surface area contributed by atoms with Crippen molar-refractivity contribution in [3.8, 4) is 0 Å². The first-order valence-electron chi connectivity index (χ1n) is 13.4. The summed E-state index contributed by atoms with van der Waals surface area (Å²) in [6, 6.07) is 3.75. The molecule has 1 aromatic rings. The van der Waals surface area contributed by atoms with Crippen molar-refractivity contribution in [3.05, 3.63) is 41.7 Å². The maximum atomic E-state index is 12.4. The summed E-state index contributed by atoms with van der Waals surface area (Å²) in [5.41, 5.74) is 3.90. The van der Waals surface area contributed by atoms with Crippen LogP contribution in [0.3, 0.4) is 0 Å². The second kappa shape index (κ2) is 9.51. The number of rotatable bonds is 6. The Hall–Kier alpha value is -2.50. The smallest absolute Gasteiger partial charge is 0.261 e. The fraction of sp³-hybridized carbons (Fsp3) is 0.655. The zero-order chi connectivity index (χ0) is 24.6. The molecule has 0 radical (unpaired) electrons. The fourth-order valence-corrected chi connectivity index (χ4v) is 8.24. The molecular formula is C29H39N3O3. The highest BCUT2D eigenvalue weighted by atomic mass is 16.6. The highest BCUT2D eigenvalue weighted by molar-refractivity contribution is 5.96. The van der Waals surface area contributed by atoms with Crippen molar-refractivity contribution in [2.75, 3.05) is 6.61 Å². The number of aromatic nitrogens is 1. The van der Waals surface area contributed by atoms with Crippen LogP contribution in [0.2, 0.25) is 0 Å². The predicted molar refractivity (Wildman–Crippen MR) is 135 cm³/mol. The Kier molecular flexibility index (Phi) is 6.58. The van der Waals surface area contributed by atoms with Gasteiger partial charge >= 0.3 is 0 Å². The lowest BCUT2D eigenvalue weighted by molar-refractivity contribution is -0.128. The number of nitrogens with zero attached hydrogens (tertiary/aromatic N) is 2. The summed E-state index contributed by atoms with van der Waals surface area (Å²) in [7, 11) is 0. The van der Waals surface area contributed by atoms with E-state index in [-0.39, 0.29) is 29.3 Å². The van der Waals surface area contributed by atoms with Crippen LogP contribution in [0.1, 0.15) is 77.7 Å². The van der Waals surface area contributed by atoms with Crippen molar-refractivity contribution in [2.24, 2.45) is 39.7 Å². The number of Topliss-reactive ketones (excluding diaryl/α,β-unsaturated/α-hetero) is 1. The zero-order valence-electron chi connectivity index (χ0n) is 21.4. The lowest BCUT2D eigenvalue weighted by Crippen LogP contribution is -2.51. The van der Waals surface area contributed by atoms with Crippen molar-refractivity contribution in [3.63, 3.8) is 0 Å². The summed E-state index contributed by atoms with van der Waals surface area (Å²) in [6.45, 7) is 7.08. The first-order chi connectivity index (χ1) is 16.8. The van der Waals surface area contributed by atoms with E-state index in [1.807, 2.05) is 19.1 Å². The van der Waals surface area contributed by atoms with Gasteiger partial charge in [-0.1, -0.05) is 24.6 Å². The summed E-state index contributed by atoms with van der Waals surface area (Å²) in [6.07, 6.45) is 14.7. The van der Waals surface area contributed by atoms with Crippen molar-refractivity contribution in [1.29, 1.82) is 0 Å². The third-order valence-corrected chi connectivity index (χ3v) is 10.1. The third kappa shape index (κ3) is 4.45. The van der Waals surface area contributed by atoms with E-state index in [2.05, 4.69) is 35.4 Å². The van der Waals surface area contributed by atoms with Gasteiger partial charge < -0.3 is 10.2 Å². The Balaban J connectivity index is 1.20. The number of hydrogen-bond acceptors (Lipinski definition) is 5. The summed E-state index contributed by atoms with van der Waals surface area (Å²) in [5, 5.41) is 7.18. The van der Waals surface area contributed by atoms with Gasteiger partial charge in [0, 0.05) is 24.9 Å². The minimum absolute atomic E-state index is 0.0721. The van der Waals surface area contributed by atoms with E-state index in [0.29, 0.717) is 24.2 Å². The molecule has 4 unspecified atom stereocenters. The number of ketones is 1. The molecule has 1 aromatic heterocycles. The summed E-state index contributed by atoms with van der Waals surface area (Å²) >= 11 is 0. The van der Waals surface area contributed by atoms with Crippen LogP contribution in [-0.2, 0) is 21.0 Å². The van der Waals surface area contributed by atoms with Crippen molar-refractivity contribution >= 4 is 17.4 Å². The van der Waals surface area contributed by atoms with Gasteiger partial charge in [-0.2, -0.15) is 0 Å². The molecule has 188 valence electrons. The highest BCUT2D eigenvalue weighted by Gasteiger charge is 2.59. The Morgan fingerprint density at radius 3 is 2.66 bits per heavy atom. The molecule has 5 rings (SSSR count). The van der Waals surface area contributed by atoms with Crippen molar-refractivity contribution in [1.82, 2.24) is 10.3 Å². The van der Waals surface area contributed by atoms with Crippen LogP contribution in [0, 0.1) is 34.5 Å². The topological polar surface area (TPSA) is 80.6 Å². The summed E-state index contributed by atoms with van der Waals surface area (Å²) < 4.78 is 0. The Morgan fingerprint density at radius 2 is 1.89 bits per heavy atom. The third-order valence-electron chi connectivity index (χ3n) is 10.1. The van der Waals surface area contributed by atoms with Gasteiger partial charge in [-0.05, 0) is 111 Å². The lowest BCUT2D eigenvalue weighted by Gasteiger charge is -2.58. The maximum Gasteiger partial charge on any atom is 0.261 e. The van der Waals surface area contributed by atoms with Crippen molar-refractivity contribution < 1.29 is 14.4 Å². The Labute approximate surface area is 209 Å². The monoisotopic (exact) mass is 477 g/mol. The largest absolute Gasteiger partial charge is 0.385 e. The molecule has 1 N–H and O–H groups in total. The number of carbonyl (C=O) groups excluding carboxylic acids is 2. The number of oxime groups is 1. The molecular weight excluding hydrogens is 438 g/mol. The van der Waals surface area contributed by atoms with Crippen LogP contribution >= 0.6 is 0 Å². The molecule has 6 atom stereocenters. The van der Waals surface area contributed by atoms with Gasteiger partial charge in [0.1, 0.15) is 5.78 Å². The van der Waals surface area contributed by atoms with E-state index < -0.39 is 0 Å². The van der Waals surface area contributed by atoms with Crippen LogP contribution in [0.5, 0.6) is 0 Å². The second-order valence-corrected chi connectivity index (χ2v) is 11.8. The van der Waals surface area contributed by atoms with Gasteiger partial charge in [-0.25, -0.2) is 0 Å². The Bertz CT molecular complexity index is 1030. The molecule has 3 saturated carbocycles. The number of nitrogens with one attached hydrogen (secondary N) is 1. The van der Waals surface area contributed by atoms with Crippen LogP contribution in [0.15, 0.2) is 41.3 Å². The molecule has 0 spiro atoms. The van der Waals surface area contributed by atoms with Crippen LogP contribution in [0.4, 0.5) is 0 Å². The number of hydrogen-bond donors (Lipinski definition) is 1. The van der Waals surface area contributed by atoms with Gasteiger partial charge in [0.15, 0.2) is 6.61 Å². The molecule has 1 heterocycles. The minimum atomic E-state index is -0.175. The molecule has 0 aliphatic heterocycles. The average molecular weight is 478 g/mol. The predicted octanol–water partition coefficient (Wildman–Crippen LogP) is 5.24. The average Bonchev–Trinajstić information content (AvgIpc) is 3.21. The standard InChI is InChI=1S/C29H39N3O3/c1-19(33)24-6-7-25-23-5-4-21-16-22(8-12-28(21,2)26(23)9-13-29(24,25)3)32-35-18-27(34)31-17-20-10-14-30-15-11-20/h10-11,14-16,23-26H,4-9,12-13,17-18H2,1-3H3,(H,31,34)/t23?,24?,25?,26?,28-,29+/m0/s1. The first kappa shape index (κ1) is 24.2. The number of carbonyl (C=O) groups is 2. The van der Waals surface area contributed by atoms with Gasteiger partial charge in [0.05, 0.1) is 5.71 Å². The molecule has 6 nitrogen and oxygen atoms in total. The summed E-state index contributed by atoms with van der Waals surface area (Å²) in [5.74, 6) is 2.62. The van der Waals surface area contributed by atoms with E-state index in [9.17, 15) is 9.59 Å². The van der Waals surface area contributed by atoms with Crippen LogP contribution < -0.4 is 5.32 Å². The SMILES string of the molecule is CC(=O)C1CCC2C3CCC4=CC(=NOCC(=O)NCc5ccncc5)CC[C@]4(C)C3CC[C@]12C. The van der Waals surface area contributed by atoms with E-state index in [0.717, 1.165) is 42.9 Å². The molecule has 4 aliphatic carbocycles. The molecule has 0 aromatic carbocycles. The molecule has 0 bridgehead atoms. The first-order valence-corrected chi connectivity index (χ1v) is 13.4. The van der Waals surface area contributed by atoms with Crippen molar-refractivity contribution in [2.45, 2.75) is 78.7 Å². The highest BCUT2D eigenvalue weighted by Crippen LogP contribution is 2.66. The summed E-state index contributed by atoms with van der Waals surface area (Å²) in [4.78, 5) is 33.9. The zero-order valence-corrected chi connectivity index (χ0v) is 21.4. The minimum Gasteiger partial charge on any atom is -0.385 e. The molecule has 4 aliphatic rings. The lowest BCUT2D eigenvalue weighted by atomic mass is 9.46. The van der Waals surface area contributed by atoms with E-state index in [1.54, 1.807) is 12.4 Å². The normalized spacial score (nSPS) is 37.0. The van der Waals surface area contributed by atoms with Gasteiger partial charge in [0.25, 0.3) is 5.91 Å². The van der Waals surface area contributed by atoms with Crippen LogP contribution in [0.25, 0.3) is 0 Å². The Morgan fingerprint density at radius 1 is 1.09 bits per heavy atom. The maximum absolute atomic E-state index is 12.4. The van der Waals surface area contributed by atoms with Gasteiger partial charge in [-0.15, -0.1) is 0 Å². The van der Waals surface area contributed by atoms with E-state index >= 15 is 0 Å². The number of allylic oxidation sites excluding steroid dienone is 2. The van der Waals surface area contributed by atoms with E-state index in [4.69, 9.17) is 4.84 Å². The number of amides is 1.